The fourth-order valence-electron chi connectivity index (χ4n) is 2.50. The number of benzene rings is 1. The molecule has 24 heavy (non-hydrogen) atoms. The number of hydrogen-bond donors (Lipinski definition) is 1. The van der Waals surface area contributed by atoms with Gasteiger partial charge in [-0.3, -0.25) is 0 Å². The van der Waals surface area contributed by atoms with Crippen LogP contribution >= 0.6 is 0 Å². The molecule has 1 fully saturated rings. The lowest BCUT2D eigenvalue weighted by molar-refractivity contribution is 0.340. The summed E-state index contributed by atoms with van der Waals surface area (Å²) in [6.45, 7) is 3.05. The van der Waals surface area contributed by atoms with Crippen LogP contribution < -0.4 is 10.5 Å². The van der Waals surface area contributed by atoms with Crippen molar-refractivity contribution in [1.82, 2.24) is 4.31 Å². The van der Waals surface area contributed by atoms with Gasteiger partial charge in [0.05, 0.1) is 10.6 Å². The molecule has 0 amide bonds. The number of nitrogens with zero attached hydrogens (tertiary/aromatic N) is 1. The third kappa shape index (κ3) is 4.69. The second-order valence-electron chi connectivity index (χ2n) is 5.81. The van der Waals surface area contributed by atoms with Crippen molar-refractivity contribution >= 4 is 19.9 Å². The summed E-state index contributed by atoms with van der Waals surface area (Å²) in [6, 6.07) is 6.05. The van der Waals surface area contributed by atoms with Gasteiger partial charge >= 0.3 is 0 Å². The lowest BCUT2D eigenvalue weighted by atomic mass is 10.1. The molecule has 0 aromatic heterocycles. The Bertz CT molecular complexity index is 745. The van der Waals surface area contributed by atoms with Crippen molar-refractivity contribution in [2.75, 3.05) is 37.7 Å². The van der Waals surface area contributed by atoms with Crippen LogP contribution in [0.1, 0.15) is 13.3 Å². The molecule has 1 saturated heterocycles. The van der Waals surface area contributed by atoms with E-state index in [1.165, 1.54) is 16.4 Å². The number of hydrogen-bond acceptors (Lipinski definition) is 6. The number of sulfonamides is 1. The van der Waals surface area contributed by atoms with E-state index in [0.717, 1.165) is 6.42 Å². The normalized spacial score (nSPS) is 19.5. The number of rotatable bonds is 8. The quantitative estimate of drug-likeness (QED) is 0.707. The van der Waals surface area contributed by atoms with Gasteiger partial charge in [0.1, 0.15) is 12.4 Å². The van der Waals surface area contributed by atoms with E-state index in [0.29, 0.717) is 25.4 Å². The summed E-state index contributed by atoms with van der Waals surface area (Å²) in [5, 5.41) is 0. The molecule has 136 valence electrons. The molecule has 1 heterocycles. The van der Waals surface area contributed by atoms with Crippen molar-refractivity contribution in [1.29, 1.82) is 0 Å². The van der Waals surface area contributed by atoms with Crippen LogP contribution in [0.5, 0.6) is 5.75 Å². The van der Waals surface area contributed by atoms with Crippen LogP contribution in [-0.4, -0.2) is 58.9 Å². The van der Waals surface area contributed by atoms with Crippen molar-refractivity contribution in [3.05, 3.63) is 24.3 Å². The van der Waals surface area contributed by atoms with Gasteiger partial charge < -0.3 is 10.5 Å². The minimum Gasteiger partial charge on any atom is -0.493 e. The summed E-state index contributed by atoms with van der Waals surface area (Å²) in [5.41, 5.74) is 5.60. The van der Waals surface area contributed by atoms with Gasteiger partial charge in [-0.05, 0) is 43.1 Å². The molecule has 9 heteroatoms. The Morgan fingerprint density at radius 2 is 1.88 bits per heavy atom. The summed E-state index contributed by atoms with van der Waals surface area (Å²) < 4.78 is 54.7. The predicted molar refractivity (Wildman–Crippen MR) is 92.2 cm³/mol. The highest BCUT2D eigenvalue weighted by Crippen LogP contribution is 2.25. The number of ether oxygens (including phenoxy) is 1. The van der Waals surface area contributed by atoms with Crippen LogP contribution in [-0.2, 0) is 19.9 Å². The Labute approximate surface area is 143 Å². The van der Waals surface area contributed by atoms with Gasteiger partial charge in [-0.2, -0.15) is 4.31 Å². The maximum absolute atomic E-state index is 12.6. The molecule has 0 bridgehead atoms. The molecular formula is C15H24N2O5S2. The molecule has 2 N–H and O–H groups in total. The van der Waals surface area contributed by atoms with E-state index >= 15 is 0 Å². The minimum absolute atomic E-state index is 0.0482. The van der Waals surface area contributed by atoms with Gasteiger partial charge in [-0.25, -0.2) is 16.8 Å². The molecule has 0 saturated carbocycles. The Balaban J connectivity index is 1.98. The van der Waals surface area contributed by atoms with E-state index in [4.69, 9.17) is 10.5 Å². The average molecular weight is 377 g/mol. The zero-order valence-corrected chi connectivity index (χ0v) is 15.4. The van der Waals surface area contributed by atoms with Crippen LogP contribution in [0.3, 0.4) is 0 Å². The van der Waals surface area contributed by atoms with Gasteiger partial charge in [0.2, 0.25) is 10.0 Å². The molecule has 1 aromatic carbocycles. The third-order valence-electron chi connectivity index (χ3n) is 4.15. The van der Waals surface area contributed by atoms with Gasteiger partial charge in [-0.15, -0.1) is 0 Å². The van der Waals surface area contributed by atoms with Crippen molar-refractivity contribution in [3.63, 3.8) is 0 Å². The monoisotopic (exact) mass is 376 g/mol. The molecule has 1 unspecified atom stereocenters. The Morgan fingerprint density at radius 3 is 2.42 bits per heavy atom. The second-order valence-corrected chi connectivity index (χ2v) is 10.2. The molecular weight excluding hydrogens is 352 g/mol. The highest BCUT2D eigenvalue weighted by Gasteiger charge is 2.31. The standard InChI is InChI=1S/C15H24N2O5S2/c1-2-23(18,19)10-9-22-14-3-5-15(6-4-14)24(20,21)17-8-7-13(11-16)12-17/h3-6,13H,2,7-12,16H2,1H3. The number of sulfone groups is 1. The van der Waals surface area contributed by atoms with E-state index < -0.39 is 19.9 Å². The van der Waals surface area contributed by atoms with E-state index in [2.05, 4.69) is 0 Å². The maximum atomic E-state index is 12.6. The maximum Gasteiger partial charge on any atom is 0.243 e. The summed E-state index contributed by atoms with van der Waals surface area (Å²) >= 11 is 0. The Hall–Kier alpha value is -1.16. The van der Waals surface area contributed by atoms with Crippen LogP contribution in [0.2, 0.25) is 0 Å². The highest BCUT2D eigenvalue weighted by molar-refractivity contribution is 7.91. The molecule has 0 aliphatic carbocycles. The van der Waals surface area contributed by atoms with E-state index in [9.17, 15) is 16.8 Å². The fourth-order valence-corrected chi connectivity index (χ4v) is 4.65. The first-order valence-corrected chi connectivity index (χ1v) is 11.2. The SMILES string of the molecule is CCS(=O)(=O)CCOc1ccc(S(=O)(=O)N2CCC(CN)C2)cc1. The van der Waals surface area contributed by atoms with Crippen LogP contribution in [0.4, 0.5) is 0 Å². The van der Waals surface area contributed by atoms with Gasteiger partial charge in [0, 0.05) is 18.8 Å². The van der Waals surface area contributed by atoms with Gasteiger partial charge in [-0.1, -0.05) is 6.92 Å². The molecule has 1 atom stereocenters. The molecule has 1 aliphatic rings. The minimum atomic E-state index is -3.52. The summed E-state index contributed by atoms with van der Waals surface area (Å²) in [7, 11) is -6.60. The van der Waals surface area contributed by atoms with Crippen LogP contribution in [0.25, 0.3) is 0 Å². The zero-order valence-electron chi connectivity index (χ0n) is 13.7. The molecule has 0 spiro atoms. The fraction of sp³-hybridized carbons (Fsp3) is 0.600. The van der Waals surface area contributed by atoms with E-state index in [1.54, 1.807) is 19.1 Å². The van der Waals surface area contributed by atoms with Gasteiger partial charge in [0.15, 0.2) is 9.84 Å². The van der Waals surface area contributed by atoms with Crippen molar-refractivity contribution in [3.8, 4) is 5.75 Å². The average Bonchev–Trinajstić information content (AvgIpc) is 3.05. The molecule has 0 radical (unpaired) electrons. The van der Waals surface area contributed by atoms with Crippen molar-refractivity contribution < 1.29 is 21.6 Å². The molecule has 2 rings (SSSR count). The predicted octanol–water partition coefficient (Wildman–Crippen LogP) is 0.469. The third-order valence-corrected chi connectivity index (χ3v) is 7.69. The first-order valence-electron chi connectivity index (χ1n) is 7.92. The Kier molecular flexibility index (Phi) is 6.24. The largest absolute Gasteiger partial charge is 0.493 e. The topological polar surface area (TPSA) is 107 Å². The molecule has 7 nitrogen and oxygen atoms in total. The Morgan fingerprint density at radius 1 is 1.21 bits per heavy atom. The van der Waals surface area contributed by atoms with E-state index in [-0.39, 0.29) is 28.9 Å². The van der Waals surface area contributed by atoms with Crippen LogP contribution in [0.15, 0.2) is 29.2 Å². The first kappa shape index (κ1) is 19.2. The smallest absolute Gasteiger partial charge is 0.243 e. The zero-order chi connectivity index (χ0) is 17.8. The summed E-state index contributed by atoms with van der Waals surface area (Å²) in [4.78, 5) is 0.203. The lowest BCUT2D eigenvalue weighted by Crippen LogP contribution is -2.30. The summed E-state index contributed by atoms with van der Waals surface area (Å²) in [6.07, 6.45) is 0.781. The highest BCUT2D eigenvalue weighted by atomic mass is 32.2. The molecule has 1 aliphatic heterocycles. The van der Waals surface area contributed by atoms with E-state index in [1.807, 2.05) is 0 Å². The van der Waals surface area contributed by atoms with Crippen molar-refractivity contribution in [2.24, 2.45) is 11.7 Å². The second kappa shape index (κ2) is 7.81. The molecule has 1 aromatic rings. The lowest BCUT2D eigenvalue weighted by Gasteiger charge is -2.16. The van der Waals surface area contributed by atoms with Gasteiger partial charge in [0.25, 0.3) is 0 Å². The summed E-state index contributed by atoms with van der Waals surface area (Å²) in [5.74, 6) is 0.676. The first-order chi connectivity index (χ1) is 11.3. The van der Waals surface area contributed by atoms with Crippen LogP contribution in [0, 0.1) is 5.92 Å². The van der Waals surface area contributed by atoms with Crippen molar-refractivity contribution in [2.45, 2.75) is 18.2 Å². The number of nitrogens with two attached hydrogens (primary N) is 1.